The fourth-order valence-electron chi connectivity index (χ4n) is 5.93. The molecule has 0 saturated heterocycles. The van der Waals surface area contributed by atoms with Crippen molar-refractivity contribution in [2.45, 2.75) is 43.3 Å². The number of anilines is 1. The van der Waals surface area contributed by atoms with Crippen LogP contribution in [-0.2, 0) is 19.7 Å². The van der Waals surface area contributed by atoms with Gasteiger partial charge in [-0.2, -0.15) is 15.0 Å². The highest BCUT2D eigenvalue weighted by Crippen LogP contribution is 2.57. The lowest BCUT2D eigenvalue weighted by atomic mass is 9.88. The van der Waals surface area contributed by atoms with Crippen LogP contribution in [0.25, 0.3) is 0 Å². The number of nitrogens with one attached hydrogen (secondary N) is 1. The van der Waals surface area contributed by atoms with Crippen molar-refractivity contribution in [3.63, 3.8) is 0 Å². The van der Waals surface area contributed by atoms with Crippen molar-refractivity contribution >= 4 is 23.2 Å². The van der Waals surface area contributed by atoms with E-state index in [1.807, 2.05) is 0 Å². The van der Waals surface area contributed by atoms with Gasteiger partial charge in [0.05, 0.1) is 23.7 Å². The van der Waals surface area contributed by atoms with Crippen LogP contribution >= 0.6 is 11.6 Å². The highest BCUT2D eigenvalue weighted by atomic mass is 35.5. The minimum absolute atomic E-state index is 0.0349. The normalized spacial score (nSPS) is 26.2. The predicted molar refractivity (Wildman–Crippen MR) is 128 cm³/mol. The fourth-order valence-corrected chi connectivity index (χ4v) is 6.11. The van der Waals surface area contributed by atoms with E-state index in [2.05, 4.69) is 20.5 Å². The molecule has 2 aliphatic carbocycles. The summed E-state index contributed by atoms with van der Waals surface area (Å²) in [6.45, 7) is -0.509. The summed E-state index contributed by atoms with van der Waals surface area (Å²) in [5.74, 6) is -0.534. The van der Waals surface area contributed by atoms with Gasteiger partial charge in [-0.1, -0.05) is 11.6 Å². The third-order valence-electron chi connectivity index (χ3n) is 7.45. The molecular weight excluding hydrogens is 491 g/mol. The van der Waals surface area contributed by atoms with Crippen LogP contribution in [-0.4, -0.2) is 52.4 Å². The lowest BCUT2D eigenvalue weighted by Gasteiger charge is -2.24. The molecule has 192 valence electrons. The Morgan fingerprint density at radius 1 is 1.28 bits per heavy atom. The van der Waals surface area contributed by atoms with E-state index in [9.17, 15) is 24.5 Å². The Kier molecular flexibility index (Phi) is 6.36. The Morgan fingerprint density at radius 3 is 2.61 bits per heavy atom. The minimum atomic E-state index is -1.24. The molecule has 0 spiro atoms. The van der Waals surface area contributed by atoms with Crippen molar-refractivity contribution in [3.8, 4) is 0 Å². The first-order chi connectivity index (χ1) is 17.1. The van der Waals surface area contributed by atoms with E-state index < -0.39 is 24.1 Å². The van der Waals surface area contributed by atoms with Crippen LogP contribution < -0.4 is 5.32 Å². The van der Waals surface area contributed by atoms with Gasteiger partial charge in [0.15, 0.2) is 0 Å². The molecule has 5 rings (SSSR count). The van der Waals surface area contributed by atoms with E-state index in [1.54, 1.807) is 25.0 Å². The summed E-state index contributed by atoms with van der Waals surface area (Å²) in [6.07, 6.45) is 2.77. The van der Waals surface area contributed by atoms with Crippen molar-refractivity contribution in [1.29, 1.82) is 0 Å². The second kappa shape index (κ2) is 9.22. The lowest BCUT2D eigenvalue weighted by Crippen LogP contribution is -2.27. The van der Waals surface area contributed by atoms with Gasteiger partial charge in [0.1, 0.15) is 34.6 Å². The Labute approximate surface area is 211 Å². The number of carbonyl (C=O) groups is 1. The number of carbonyl (C=O) groups excluding carboxylic acids is 1. The van der Waals surface area contributed by atoms with Crippen LogP contribution in [0, 0.1) is 17.7 Å². The Morgan fingerprint density at radius 2 is 1.97 bits per heavy atom. The summed E-state index contributed by atoms with van der Waals surface area (Å²) in [4.78, 5) is 19.0. The van der Waals surface area contributed by atoms with E-state index in [-0.39, 0.29) is 34.4 Å². The van der Waals surface area contributed by atoms with Crippen molar-refractivity contribution in [2.75, 3.05) is 11.9 Å². The van der Waals surface area contributed by atoms with Gasteiger partial charge < -0.3 is 25.2 Å². The topological polar surface area (TPSA) is 138 Å². The molecule has 10 nitrogen and oxygen atoms in total. The summed E-state index contributed by atoms with van der Waals surface area (Å²) in [5, 5.41) is 42.2. The third kappa shape index (κ3) is 4.30. The Hall–Kier alpha value is -2.86. The number of aryl methyl sites for hydroxylation is 2. The summed E-state index contributed by atoms with van der Waals surface area (Å²) >= 11 is 5.85. The number of aliphatic hydroxyl groups is 3. The molecule has 0 radical (unpaired) electrons. The minimum Gasteiger partial charge on any atom is -0.393 e. The first-order valence-corrected chi connectivity index (χ1v) is 12.2. The van der Waals surface area contributed by atoms with E-state index in [1.165, 1.54) is 23.0 Å². The number of benzene rings is 1. The molecule has 36 heavy (non-hydrogen) atoms. The maximum absolute atomic E-state index is 13.5. The number of amides is 1. The third-order valence-corrected chi connectivity index (χ3v) is 7.74. The number of aliphatic hydroxyl groups excluding tert-OH is 2. The molecule has 2 aliphatic rings. The van der Waals surface area contributed by atoms with Crippen molar-refractivity contribution in [3.05, 3.63) is 58.1 Å². The molecule has 4 N–H and O–H groups in total. The molecule has 3 atom stereocenters. The van der Waals surface area contributed by atoms with E-state index in [4.69, 9.17) is 11.6 Å². The summed E-state index contributed by atoms with van der Waals surface area (Å²) < 4.78 is 15.2. The molecular formula is C24H28ClFN6O4. The summed E-state index contributed by atoms with van der Waals surface area (Å²) in [6, 6.07) is 4.01. The first-order valence-electron chi connectivity index (χ1n) is 11.8. The number of fused-ring (bicyclic) bond motifs is 1. The molecule has 0 bridgehead atoms. The van der Waals surface area contributed by atoms with Gasteiger partial charge in [0.2, 0.25) is 0 Å². The predicted octanol–water partition coefficient (Wildman–Crippen LogP) is 2.41. The lowest BCUT2D eigenvalue weighted by molar-refractivity contribution is 0.0230. The van der Waals surface area contributed by atoms with E-state index >= 15 is 0 Å². The van der Waals surface area contributed by atoms with Gasteiger partial charge >= 0.3 is 0 Å². The zero-order valence-corrected chi connectivity index (χ0v) is 20.7. The summed E-state index contributed by atoms with van der Waals surface area (Å²) in [5.41, 5.74) is 0.774. The quantitative estimate of drug-likeness (QED) is 0.393. The van der Waals surface area contributed by atoms with Gasteiger partial charge in [0.25, 0.3) is 5.91 Å². The molecule has 3 aromatic rings. The molecule has 2 saturated carbocycles. The molecule has 1 aromatic carbocycles. The van der Waals surface area contributed by atoms with Crippen LogP contribution in [0.4, 0.5) is 10.1 Å². The maximum Gasteiger partial charge on any atom is 0.274 e. The molecule has 12 heteroatoms. The Bertz CT molecular complexity index is 1300. The molecule has 2 aromatic heterocycles. The zero-order valence-electron chi connectivity index (χ0n) is 19.9. The molecule has 3 unspecified atom stereocenters. The standard InChI is InChI=1S/C24H28ClFN6O4/c1-31-11-27-19(21(31)23(35)28-15-3-4-17(26)16(25)7-15)12-5-13-8-24(36,9-14(13)6-12)22-20(18(34)10-33)29-32(2)30-22/h3-4,7,11-14,18,33-34,36H,5-6,8-10H2,1-2H3,(H,28,35). The smallest absolute Gasteiger partial charge is 0.274 e. The Balaban J connectivity index is 1.33. The molecule has 2 fully saturated rings. The van der Waals surface area contributed by atoms with Gasteiger partial charge in [-0.3, -0.25) is 4.79 Å². The number of imidazole rings is 1. The van der Waals surface area contributed by atoms with Crippen molar-refractivity contribution in [2.24, 2.45) is 25.9 Å². The SMILES string of the molecule is Cn1nc(C(O)CO)c(C2(O)CC3CC(c4ncn(C)c4C(=O)Nc4ccc(F)c(Cl)c4)CC3C2)n1. The molecule has 1 amide bonds. The van der Waals surface area contributed by atoms with E-state index in [0.29, 0.717) is 35.6 Å². The average molecular weight is 519 g/mol. The van der Waals surface area contributed by atoms with Crippen LogP contribution in [0.15, 0.2) is 24.5 Å². The monoisotopic (exact) mass is 518 g/mol. The number of hydrogen-bond acceptors (Lipinski definition) is 7. The number of hydrogen-bond donors (Lipinski definition) is 4. The van der Waals surface area contributed by atoms with Crippen LogP contribution in [0.5, 0.6) is 0 Å². The van der Waals surface area contributed by atoms with Crippen LogP contribution in [0.3, 0.4) is 0 Å². The number of aromatic nitrogens is 5. The number of rotatable bonds is 6. The van der Waals surface area contributed by atoms with Crippen LogP contribution in [0.2, 0.25) is 5.02 Å². The summed E-state index contributed by atoms with van der Waals surface area (Å²) in [7, 11) is 3.36. The second-order valence-corrected chi connectivity index (χ2v) is 10.3. The van der Waals surface area contributed by atoms with E-state index in [0.717, 1.165) is 12.8 Å². The van der Waals surface area contributed by atoms with Gasteiger partial charge in [-0.05, 0) is 55.7 Å². The zero-order chi connectivity index (χ0) is 25.8. The van der Waals surface area contributed by atoms with Crippen molar-refractivity contribution in [1.82, 2.24) is 24.5 Å². The maximum atomic E-state index is 13.5. The van der Waals surface area contributed by atoms with Gasteiger partial charge in [-0.25, -0.2) is 9.37 Å². The van der Waals surface area contributed by atoms with Crippen molar-refractivity contribution < 1.29 is 24.5 Å². The molecule has 2 heterocycles. The second-order valence-electron chi connectivity index (χ2n) is 9.92. The van der Waals surface area contributed by atoms with Crippen LogP contribution in [0.1, 0.15) is 65.3 Å². The number of nitrogens with zero attached hydrogens (tertiary/aromatic N) is 5. The average Bonchev–Trinajstić information content (AvgIpc) is 3.57. The first kappa shape index (κ1) is 24.8. The highest BCUT2D eigenvalue weighted by molar-refractivity contribution is 6.31. The van der Waals surface area contributed by atoms with Gasteiger partial charge in [0, 0.05) is 25.7 Å². The highest BCUT2D eigenvalue weighted by Gasteiger charge is 2.52. The molecule has 0 aliphatic heterocycles. The largest absolute Gasteiger partial charge is 0.393 e. The fraction of sp³-hybridized carbons (Fsp3) is 0.500. The van der Waals surface area contributed by atoms with Gasteiger partial charge in [-0.15, -0.1) is 0 Å². The number of halogens is 2.